The van der Waals surface area contributed by atoms with Crippen molar-refractivity contribution < 1.29 is 23.4 Å². The number of aromatic amines is 1. The quantitative estimate of drug-likeness (QED) is 0.830. The highest BCUT2D eigenvalue weighted by Crippen LogP contribution is 2.35. The number of carboxylic acid groups (broad SMARTS) is 1. The van der Waals surface area contributed by atoms with Gasteiger partial charge in [-0.15, -0.1) is 5.10 Å². The third kappa shape index (κ3) is 4.32. The predicted molar refractivity (Wildman–Crippen MR) is 83.6 cm³/mol. The number of carbonyl (C=O) groups is 1. The zero-order valence-corrected chi connectivity index (χ0v) is 13.1. The molecule has 130 valence electrons. The molecule has 25 heavy (non-hydrogen) atoms. The van der Waals surface area contributed by atoms with Crippen LogP contribution < -0.4 is 4.74 Å². The van der Waals surface area contributed by atoms with E-state index < -0.39 is 11.9 Å². The molecule has 2 N–H and O–H groups in total. The summed E-state index contributed by atoms with van der Waals surface area (Å²) >= 11 is 0. The summed E-state index contributed by atoms with van der Waals surface area (Å²) in [5.41, 5.74) is 0.332. The van der Waals surface area contributed by atoms with Crippen LogP contribution in [0.15, 0.2) is 24.3 Å². The van der Waals surface area contributed by atoms with Gasteiger partial charge >= 0.3 is 5.97 Å². The first-order chi connectivity index (χ1) is 11.9. The fraction of sp³-hybridized carbons (Fsp3) is 0.353. The maximum absolute atomic E-state index is 13.1. The first kappa shape index (κ1) is 16.9. The Morgan fingerprint density at radius 3 is 2.84 bits per heavy atom. The number of rotatable bonds is 3. The van der Waals surface area contributed by atoms with E-state index in [4.69, 9.17) is 9.84 Å². The van der Waals surface area contributed by atoms with Crippen LogP contribution in [-0.4, -0.2) is 32.4 Å². The van der Waals surface area contributed by atoms with Crippen molar-refractivity contribution in [1.29, 1.82) is 0 Å². The summed E-state index contributed by atoms with van der Waals surface area (Å²) in [5, 5.41) is 18.2. The van der Waals surface area contributed by atoms with E-state index in [1.54, 1.807) is 24.3 Å². The smallest absolute Gasteiger partial charge is 0.362 e. The number of nitrogens with zero attached hydrogens (tertiary/aromatic N) is 2. The van der Waals surface area contributed by atoms with Crippen molar-refractivity contribution in [2.45, 2.75) is 31.6 Å². The first-order valence-electron chi connectivity index (χ1n) is 7.74. The normalized spacial score (nSPS) is 16.7. The van der Waals surface area contributed by atoms with E-state index in [1.807, 2.05) is 0 Å². The second kappa shape index (κ2) is 6.89. The molecule has 0 radical (unpaired) electrons. The lowest BCUT2D eigenvalue weighted by Gasteiger charge is -2.24. The molecular weight excluding hydrogens is 332 g/mol. The molecule has 8 heteroatoms. The van der Waals surface area contributed by atoms with E-state index >= 15 is 0 Å². The average Bonchev–Trinajstić information content (AvgIpc) is 3.03. The molecule has 0 aliphatic heterocycles. The number of alkyl halides is 2. The van der Waals surface area contributed by atoms with Crippen molar-refractivity contribution in [3.8, 4) is 23.5 Å². The van der Waals surface area contributed by atoms with Crippen molar-refractivity contribution >= 4 is 5.97 Å². The Balaban J connectivity index is 1.69. The van der Waals surface area contributed by atoms with E-state index in [0.717, 1.165) is 0 Å². The summed E-state index contributed by atoms with van der Waals surface area (Å²) in [7, 11) is 0. The van der Waals surface area contributed by atoms with Crippen LogP contribution in [0.4, 0.5) is 8.78 Å². The van der Waals surface area contributed by atoms with Crippen molar-refractivity contribution in [3.63, 3.8) is 0 Å². The number of hydrogen-bond donors (Lipinski definition) is 2. The Kier molecular flexibility index (Phi) is 4.65. The molecule has 2 aromatic rings. The summed E-state index contributed by atoms with van der Waals surface area (Å²) in [6.45, 7) is 0. The van der Waals surface area contributed by atoms with Crippen molar-refractivity contribution in [2.75, 3.05) is 0 Å². The van der Waals surface area contributed by atoms with Crippen LogP contribution in [0, 0.1) is 17.8 Å². The first-order valence-corrected chi connectivity index (χ1v) is 7.74. The van der Waals surface area contributed by atoms with Crippen LogP contribution >= 0.6 is 0 Å². The molecule has 1 saturated carbocycles. The monoisotopic (exact) mass is 347 g/mol. The Bertz CT molecular complexity index is 829. The molecule has 6 nitrogen and oxygen atoms in total. The number of H-pyrrole nitrogens is 1. The highest BCUT2D eigenvalue weighted by atomic mass is 19.3. The zero-order chi connectivity index (χ0) is 17.9. The summed E-state index contributed by atoms with van der Waals surface area (Å²) in [6, 6.07) is 6.74. The van der Waals surface area contributed by atoms with E-state index in [1.165, 1.54) is 0 Å². The van der Waals surface area contributed by atoms with Gasteiger partial charge < -0.3 is 9.84 Å². The Morgan fingerprint density at radius 1 is 1.36 bits per heavy atom. The van der Waals surface area contributed by atoms with E-state index in [0.29, 0.717) is 24.2 Å². The number of carboxylic acids is 1. The lowest BCUT2D eigenvalue weighted by Crippen LogP contribution is -2.23. The fourth-order valence-corrected chi connectivity index (χ4v) is 2.55. The minimum Gasteiger partial charge on any atom is -0.476 e. The van der Waals surface area contributed by atoms with Crippen LogP contribution in [0.2, 0.25) is 0 Å². The number of halogens is 2. The molecular formula is C17H15F2N3O3. The van der Waals surface area contributed by atoms with Gasteiger partial charge in [0.05, 0.1) is 0 Å². The van der Waals surface area contributed by atoms with Crippen molar-refractivity contribution in [2.24, 2.45) is 5.92 Å². The fourth-order valence-electron chi connectivity index (χ4n) is 2.55. The van der Waals surface area contributed by atoms with Gasteiger partial charge in [-0.05, 0) is 31.0 Å². The zero-order valence-electron chi connectivity index (χ0n) is 13.1. The number of ether oxygens (including phenoxy) is 1. The van der Waals surface area contributed by atoms with E-state index in [9.17, 15) is 13.6 Å². The minimum absolute atomic E-state index is 0.0420. The molecule has 1 fully saturated rings. The van der Waals surface area contributed by atoms with Gasteiger partial charge in [0.1, 0.15) is 5.75 Å². The topological polar surface area (TPSA) is 88.1 Å². The highest BCUT2D eigenvalue weighted by Gasteiger charge is 2.34. The molecule has 0 amide bonds. The lowest BCUT2D eigenvalue weighted by atomic mass is 9.87. The van der Waals surface area contributed by atoms with E-state index in [-0.39, 0.29) is 30.3 Å². The largest absolute Gasteiger partial charge is 0.476 e. The average molecular weight is 347 g/mol. The van der Waals surface area contributed by atoms with Gasteiger partial charge in [-0.3, -0.25) is 0 Å². The van der Waals surface area contributed by atoms with Crippen LogP contribution in [0.3, 0.4) is 0 Å². The third-order valence-electron chi connectivity index (χ3n) is 3.91. The van der Waals surface area contributed by atoms with Crippen LogP contribution in [0.5, 0.6) is 11.6 Å². The molecule has 1 aromatic carbocycles. The van der Waals surface area contributed by atoms with Gasteiger partial charge in [0.15, 0.2) is 0 Å². The number of nitrogens with one attached hydrogen (secondary N) is 1. The number of aromatic carboxylic acids is 1. The second-order valence-electron chi connectivity index (χ2n) is 5.82. The van der Waals surface area contributed by atoms with Crippen LogP contribution in [-0.2, 0) is 0 Å². The number of hydrogen-bond acceptors (Lipinski definition) is 4. The molecule has 0 atom stereocenters. The lowest BCUT2D eigenvalue weighted by molar-refractivity contribution is -0.0402. The van der Waals surface area contributed by atoms with Gasteiger partial charge in [0.25, 0.3) is 5.88 Å². The second-order valence-corrected chi connectivity index (χ2v) is 5.82. The Hall–Kier alpha value is -2.95. The minimum atomic E-state index is -2.56. The van der Waals surface area contributed by atoms with Gasteiger partial charge in [0, 0.05) is 24.3 Å². The summed E-state index contributed by atoms with van der Waals surface area (Å²) in [5.74, 6) is 2.43. The van der Waals surface area contributed by atoms with Gasteiger partial charge in [-0.2, -0.15) is 0 Å². The SMILES string of the molecule is O=C(O)c1nn[nH]c1Oc1cccc(C#CC2CCC(F)(F)CC2)c1. The van der Waals surface area contributed by atoms with Gasteiger partial charge in [-0.1, -0.05) is 23.1 Å². The van der Waals surface area contributed by atoms with Crippen molar-refractivity contribution in [3.05, 3.63) is 35.5 Å². The number of benzene rings is 1. The standard InChI is InChI=1S/C17H15F2N3O3/c18-17(19)8-6-11(7-9-17)4-5-12-2-1-3-13(10-12)25-15-14(16(23)24)20-22-21-15/h1-3,10-11H,6-9H2,(H,23,24)(H,20,21,22). The molecule has 0 unspecified atom stereocenters. The molecule has 1 aromatic heterocycles. The molecule has 1 heterocycles. The van der Waals surface area contributed by atoms with Crippen LogP contribution in [0.1, 0.15) is 41.7 Å². The van der Waals surface area contributed by atoms with Crippen molar-refractivity contribution in [1.82, 2.24) is 15.4 Å². The summed E-state index contributed by atoms with van der Waals surface area (Å²) in [4.78, 5) is 11.0. The molecule has 0 saturated heterocycles. The molecule has 0 spiro atoms. The Labute approximate surface area is 142 Å². The number of aromatic nitrogens is 3. The molecule has 0 bridgehead atoms. The summed E-state index contributed by atoms with van der Waals surface area (Å²) in [6.07, 6.45) is 0.524. The van der Waals surface area contributed by atoms with Gasteiger partial charge in [-0.25, -0.2) is 18.7 Å². The van der Waals surface area contributed by atoms with E-state index in [2.05, 4.69) is 27.3 Å². The molecule has 3 rings (SSSR count). The maximum atomic E-state index is 13.1. The van der Waals surface area contributed by atoms with Crippen LogP contribution in [0.25, 0.3) is 0 Å². The Morgan fingerprint density at radius 2 is 2.12 bits per heavy atom. The third-order valence-corrected chi connectivity index (χ3v) is 3.91. The molecule has 1 aliphatic carbocycles. The summed E-state index contributed by atoms with van der Waals surface area (Å²) < 4.78 is 31.7. The van der Waals surface area contributed by atoms with Gasteiger partial charge in [0.2, 0.25) is 11.6 Å². The maximum Gasteiger partial charge on any atom is 0.362 e. The highest BCUT2D eigenvalue weighted by molar-refractivity contribution is 5.87. The predicted octanol–water partition coefficient (Wildman–Crippen LogP) is 3.47. The molecule has 1 aliphatic rings.